The second-order valence-electron chi connectivity index (χ2n) is 7.48. The Bertz CT molecular complexity index is 651. The third-order valence-corrected chi connectivity index (χ3v) is 5.76. The molecule has 2 heterocycles. The predicted molar refractivity (Wildman–Crippen MR) is 92.9 cm³/mol. The van der Waals surface area contributed by atoms with Crippen molar-refractivity contribution < 1.29 is 4.90 Å². The minimum atomic E-state index is 0.269. The first-order valence-corrected chi connectivity index (χ1v) is 9.52. The second-order valence-corrected chi connectivity index (χ2v) is 7.48. The molecule has 1 atom stereocenters. The van der Waals surface area contributed by atoms with Crippen molar-refractivity contribution in [2.75, 3.05) is 13.1 Å². The third-order valence-electron chi connectivity index (χ3n) is 5.76. The molecule has 24 heavy (non-hydrogen) atoms. The average Bonchev–Trinajstić information content (AvgIpc) is 3.30. The Kier molecular flexibility index (Phi) is 4.60. The molecule has 0 amide bonds. The van der Waals surface area contributed by atoms with Crippen LogP contribution in [0.15, 0.2) is 24.3 Å². The van der Waals surface area contributed by atoms with Gasteiger partial charge in [0.1, 0.15) is 0 Å². The van der Waals surface area contributed by atoms with Gasteiger partial charge in [0, 0.05) is 18.4 Å². The van der Waals surface area contributed by atoms with Gasteiger partial charge >= 0.3 is 0 Å². The van der Waals surface area contributed by atoms with Crippen LogP contribution in [0, 0.1) is 6.92 Å². The van der Waals surface area contributed by atoms with Crippen molar-refractivity contribution in [3.63, 3.8) is 0 Å². The molecule has 0 bridgehead atoms. The minimum absolute atomic E-state index is 0.269. The zero-order valence-corrected chi connectivity index (χ0v) is 14.6. The fourth-order valence-electron chi connectivity index (χ4n) is 4.42. The Labute approximate surface area is 144 Å². The van der Waals surface area contributed by atoms with Crippen molar-refractivity contribution >= 4 is 0 Å². The van der Waals surface area contributed by atoms with Crippen LogP contribution in [0.3, 0.4) is 0 Å². The van der Waals surface area contributed by atoms with E-state index in [0.717, 1.165) is 5.82 Å². The number of tetrazole rings is 1. The zero-order chi connectivity index (χ0) is 16.4. The van der Waals surface area contributed by atoms with Gasteiger partial charge < -0.3 is 4.90 Å². The third kappa shape index (κ3) is 3.09. The van der Waals surface area contributed by atoms with E-state index in [1.807, 2.05) is 0 Å². The van der Waals surface area contributed by atoms with E-state index in [9.17, 15) is 0 Å². The van der Waals surface area contributed by atoms with Crippen molar-refractivity contribution in [3.05, 3.63) is 41.2 Å². The summed E-state index contributed by atoms with van der Waals surface area (Å²) in [6.45, 7) is 4.58. The van der Waals surface area contributed by atoms with Crippen LogP contribution in [0.2, 0.25) is 0 Å². The molecule has 1 saturated heterocycles. The first-order chi connectivity index (χ1) is 11.8. The summed E-state index contributed by atoms with van der Waals surface area (Å²) in [5.74, 6) is 1.07. The second kappa shape index (κ2) is 7.01. The van der Waals surface area contributed by atoms with Gasteiger partial charge in [-0.1, -0.05) is 49.1 Å². The molecule has 0 spiro atoms. The van der Waals surface area contributed by atoms with E-state index in [4.69, 9.17) is 0 Å². The summed E-state index contributed by atoms with van der Waals surface area (Å²) in [5, 5.41) is 13.0. The highest BCUT2D eigenvalue weighted by Crippen LogP contribution is 2.30. The molecule has 1 aromatic heterocycles. The van der Waals surface area contributed by atoms with Crippen LogP contribution >= 0.6 is 0 Å². The highest BCUT2D eigenvalue weighted by Gasteiger charge is 2.35. The molecule has 1 aromatic carbocycles. The lowest BCUT2D eigenvalue weighted by Crippen LogP contribution is -3.10. The van der Waals surface area contributed by atoms with Gasteiger partial charge in [-0.05, 0) is 30.2 Å². The lowest BCUT2D eigenvalue weighted by Gasteiger charge is -2.27. The maximum Gasteiger partial charge on any atom is 0.214 e. The maximum absolute atomic E-state index is 4.52. The van der Waals surface area contributed by atoms with E-state index >= 15 is 0 Å². The lowest BCUT2D eigenvalue weighted by atomic mass is 9.95. The van der Waals surface area contributed by atoms with Gasteiger partial charge in [-0.15, -0.1) is 5.10 Å². The van der Waals surface area contributed by atoms with Gasteiger partial charge in [0.2, 0.25) is 5.82 Å². The number of nitrogens with zero attached hydrogens (tertiary/aromatic N) is 4. The highest BCUT2D eigenvalue weighted by atomic mass is 15.6. The first kappa shape index (κ1) is 15.8. The van der Waals surface area contributed by atoms with Crippen molar-refractivity contribution in [2.24, 2.45) is 0 Å². The number of quaternary nitrogens is 1. The van der Waals surface area contributed by atoms with E-state index in [1.165, 1.54) is 69.2 Å². The number of benzene rings is 1. The fourth-order valence-corrected chi connectivity index (χ4v) is 4.42. The van der Waals surface area contributed by atoms with Gasteiger partial charge in [0.15, 0.2) is 6.04 Å². The minimum Gasteiger partial charge on any atom is -0.322 e. The van der Waals surface area contributed by atoms with E-state index in [1.54, 1.807) is 4.90 Å². The Morgan fingerprint density at radius 3 is 2.42 bits per heavy atom. The molecule has 2 aliphatic rings. The molecule has 0 unspecified atom stereocenters. The predicted octanol–water partition coefficient (Wildman–Crippen LogP) is 2.25. The molecule has 128 valence electrons. The van der Waals surface area contributed by atoms with Crippen LogP contribution in [0.25, 0.3) is 0 Å². The lowest BCUT2D eigenvalue weighted by molar-refractivity contribution is -0.914. The summed E-state index contributed by atoms with van der Waals surface area (Å²) in [5.41, 5.74) is 2.66. The molecular weight excluding hydrogens is 298 g/mol. The monoisotopic (exact) mass is 326 g/mol. The van der Waals surface area contributed by atoms with E-state index in [-0.39, 0.29) is 6.04 Å². The Morgan fingerprint density at radius 1 is 1.00 bits per heavy atom. The summed E-state index contributed by atoms with van der Waals surface area (Å²) in [4.78, 5) is 1.62. The van der Waals surface area contributed by atoms with Gasteiger partial charge in [0.05, 0.1) is 19.1 Å². The summed E-state index contributed by atoms with van der Waals surface area (Å²) in [7, 11) is 0. The molecule has 1 aliphatic carbocycles. The summed E-state index contributed by atoms with van der Waals surface area (Å²) >= 11 is 0. The largest absolute Gasteiger partial charge is 0.322 e. The number of likely N-dealkylation sites (tertiary alicyclic amines) is 1. The van der Waals surface area contributed by atoms with Gasteiger partial charge in [-0.25, -0.2) is 4.68 Å². The molecule has 1 N–H and O–H groups in total. The first-order valence-electron chi connectivity index (χ1n) is 9.52. The maximum atomic E-state index is 4.52. The van der Waals surface area contributed by atoms with Crippen LogP contribution in [0.5, 0.6) is 0 Å². The molecule has 0 radical (unpaired) electrons. The van der Waals surface area contributed by atoms with Crippen molar-refractivity contribution in [1.82, 2.24) is 20.2 Å². The molecule has 2 fully saturated rings. The van der Waals surface area contributed by atoms with E-state index < -0.39 is 0 Å². The normalized spacial score (nSPS) is 21.2. The highest BCUT2D eigenvalue weighted by molar-refractivity contribution is 5.26. The fraction of sp³-hybridized carbons (Fsp3) is 0.632. The number of nitrogens with one attached hydrogen (secondary N) is 1. The molecule has 1 aliphatic heterocycles. The van der Waals surface area contributed by atoms with Crippen molar-refractivity contribution in [2.45, 2.75) is 64.0 Å². The van der Waals surface area contributed by atoms with Gasteiger partial charge in [0.25, 0.3) is 0 Å². The molecular formula is C19H28N5+. The Morgan fingerprint density at radius 2 is 1.71 bits per heavy atom. The summed E-state index contributed by atoms with van der Waals surface area (Å²) < 4.78 is 2.16. The number of aromatic nitrogens is 4. The molecule has 2 aromatic rings. The smallest absolute Gasteiger partial charge is 0.214 e. The Hall–Kier alpha value is -1.75. The van der Waals surface area contributed by atoms with Gasteiger partial charge in [-0.2, -0.15) is 0 Å². The topological polar surface area (TPSA) is 48.0 Å². The van der Waals surface area contributed by atoms with Crippen LogP contribution < -0.4 is 4.90 Å². The van der Waals surface area contributed by atoms with Crippen LogP contribution in [0.1, 0.15) is 74.0 Å². The summed E-state index contributed by atoms with van der Waals surface area (Å²) in [6.07, 6.45) is 9.01. The molecule has 5 heteroatoms. The SMILES string of the molecule is Cc1ccc([C@@H](c2nnnn2C2CCCCC2)[NH+]2CCCC2)cc1. The zero-order valence-electron chi connectivity index (χ0n) is 14.6. The molecule has 1 saturated carbocycles. The van der Waals surface area contributed by atoms with Crippen molar-refractivity contribution in [3.8, 4) is 0 Å². The molecule has 5 nitrogen and oxygen atoms in total. The van der Waals surface area contributed by atoms with Crippen molar-refractivity contribution in [1.29, 1.82) is 0 Å². The van der Waals surface area contributed by atoms with Gasteiger partial charge in [-0.3, -0.25) is 0 Å². The quantitative estimate of drug-likeness (QED) is 0.937. The number of aryl methyl sites for hydroxylation is 1. The number of rotatable bonds is 4. The number of hydrogen-bond acceptors (Lipinski definition) is 3. The summed E-state index contributed by atoms with van der Waals surface area (Å²) in [6, 6.07) is 9.72. The standard InChI is InChI=1S/C19H27N5/c1-15-9-11-16(12-10-15)18(23-13-5-6-14-23)19-20-21-22-24(19)17-7-3-2-4-8-17/h9-12,17-18H,2-8,13-14H2,1H3/p+1/t18-/m0/s1. The van der Waals surface area contributed by atoms with Crippen LogP contribution in [-0.4, -0.2) is 33.3 Å². The van der Waals surface area contributed by atoms with Crippen LogP contribution in [-0.2, 0) is 0 Å². The molecule has 4 rings (SSSR count). The van der Waals surface area contributed by atoms with Crippen LogP contribution in [0.4, 0.5) is 0 Å². The average molecular weight is 326 g/mol. The Balaban J connectivity index is 1.71. The van der Waals surface area contributed by atoms with E-state index in [0.29, 0.717) is 6.04 Å². The number of hydrogen-bond donors (Lipinski definition) is 1. The van der Waals surface area contributed by atoms with E-state index in [2.05, 4.69) is 51.4 Å².